The molecule has 2 unspecified atom stereocenters. The number of amides is 1. The van der Waals surface area contributed by atoms with Crippen molar-refractivity contribution in [2.24, 2.45) is 0 Å². The number of carbonyl (C=O) groups is 1. The maximum Gasteiger partial charge on any atom is 0.410 e. The molecule has 3 rings (SSSR count). The molecule has 0 saturated carbocycles. The number of aliphatic hydroxyl groups is 1. The zero-order chi connectivity index (χ0) is 17.7. The molecule has 2 fully saturated rings. The van der Waals surface area contributed by atoms with Crippen LogP contribution in [0.2, 0.25) is 0 Å². The molecule has 3 heterocycles. The van der Waals surface area contributed by atoms with Crippen molar-refractivity contribution in [3.05, 3.63) is 18.0 Å². The number of hydrogen-bond acceptors (Lipinski definition) is 4. The van der Waals surface area contributed by atoms with Crippen molar-refractivity contribution in [1.29, 1.82) is 0 Å². The first-order valence-corrected chi connectivity index (χ1v) is 8.87. The van der Waals surface area contributed by atoms with Gasteiger partial charge in [-0.15, -0.1) is 0 Å². The predicted molar refractivity (Wildman–Crippen MR) is 90.6 cm³/mol. The molecule has 0 aromatic carbocycles. The minimum absolute atomic E-state index is 0.0333. The van der Waals surface area contributed by atoms with Crippen molar-refractivity contribution < 1.29 is 14.6 Å². The lowest BCUT2D eigenvalue weighted by molar-refractivity contribution is -0.0624. The molecule has 6 nitrogen and oxygen atoms in total. The molecular formula is C18H29N3O3. The van der Waals surface area contributed by atoms with Gasteiger partial charge >= 0.3 is 6.09 Å². The van der Waals surface area contributed by atoms with Crippen LogP contribution in [0, 0.1) is 0 Å². The van der Waals surface area contributed by atoms with Crippen molar-refractivity contribution >= 4 is 6.09 Å². The number of aromatic nitrogens is 2. The Hall–Kier alpha value is -1.56. The Kier molecular flexibility index (Phi) is 4.14. The molecule has 0 radical (unpaired) electrons. The number of rotatable bonds is 2. The molecule has 1 aromatic rings. The molecule has 2 aliphatic rings. The highest BCUT2D eigenvalue weighted by Gasteiger charge is 2.51. The Morgan fingerprint density at radius 1 is 1.33 bits per heavy atom. The average molecular weight is 335 g/mol. The van der Waals surface area contributed by atoms with Gasteiger partial charge in [-0.3, -0.25) is 4.68 Å². The zero-order valence-corrected chi connectivity index (χ0v) is 15.3. The van der Waals surface area contributed by atoms with E-state index in [4.69, 9.17) is 4.74 Å². The second-order valence-electron chi connectivity index (χ2n) is 8.52. The van der Waals surface area contributed by atoms with Crippen LogP contribution >= 0.6 is 0 Å². The Morgan fingerprint density at radius 3 is 2.38 bits per heavy atom. The molecule has 2 bridgehead atoms. The number of hydrogen-bond donors (Lipinski definition) is 1. The van der Waals surface area contributed by atoms with E-state index in [0.29, 0.717) is 12.8 Å². The first kappa shape index (κ1) is 17.3. The van der Waals surface area contributed by atoms with Gasteiger partial charge in [0.1, 0.15) is 5.60 Å². The summed E-state index contributed by atoms with van der Waals surface area (Å²) in [5, 5.41) is 15.6. The number of ether oxygens (including phenoxy) is 1. The van der Waals surface area contributed by atoms with E-state index in [2.05, 4.69) is 18.9 Å². The maximum atomic E-state index is 12.5. The second kappa shape index (κ2) is 5.76. The Balaban J connectivity index is 1.77. The van der Waals surface area contributed by atoms with Gasteiger partial charge in [0.25, 0.3) is 0 Å². The maximum absolute atomic E-state index is 12.5. The van der Waals surface area contributed by atoms with Crippen LogP contribution in [-0.2, 0) is 10.3 Å². The van der Waals surface area contributed by atoms with Gasteiger partial charge in [0.2, 0.25) is 0 Å². The fourth-order valence-corrected chi connectivity index (χ4v) is 3.93. The number of piperidine rings is 1. The molecule has 24 heavy (non-hydrogen) atoms. The highest BCUT2D eigenvalue weighted by Crippen LogP contribution is 2.46. The first-order chi connectivity index (χ1) is 11.1. The molecule has 0 spiro atoms. The van der Waals surface area contributed by atoms with E-state index in [1.807, 2.05) is 36.5 Å². The topological polar surface area (TPSA) is 67.6 Å². The van der Waals surface area contributed by atoms with Gasteiger partial charge in [-0.1, -0.05) is 0 Å². The quantitative estimate of drug-likeness (QED) is 0.901. The van der Waals surface area contributed by atoms with Crippen LogP contribution in [0.5, 0.6) is 0 Å². The first-order valence-electron chi connectivity index (χ1n) is 8.87. The van der Waals surface area contributed by atoms with E-state index in [0.717, 1.165) is 18.4 Å². The van der Waals surface area contributed by atoms with Gasteiger partial charge in [0.15, 0.2) is 0 Å². The predicted octanol–water partition coefficient (Wildman–Crippen LogP) is 3.21. The number of carbonyl (C=O) groups excluding carboxylic acids is 1. The van der Waals surface area contributed by atoms with E-state index < -0.39 is 11.2 Å². The van der Waals surface area contributed by atoms with Crippen LogP contribution in [0.15, 0.2) is 12.4 Å². The largest absolute Gasteiger partial charge is 0.444 e. The van der Waals surface area contributed by atoms with Crippen molar-refractivity contribution in [2.75, 3.05) is 0 Å². The fraction of sp³-hybridized carbons (Fsp3) is 0.778. The van der Waals surface area contributed by atoms with E-state index >= 15 is 0 Å². The van der Waals surface area contributed by atoms with Gasteiger partial charge in [0, 0.05) is 42.7 Å². The number of fused-ring (bicyclic) bond motifs is 2. The summed E-state index contributed by atoms with van der Waals surface area (Å²) in [7, 11) is 0. The summed E-state index contributed by atoms with van der Waals surface area (Å²) < 4.78 is 7.43. The second-order valence-corrected chi connectivity index (χ2v) is 8.52. The lowest BCUT2D eigenvalue weighted by atomic mass is 9.82. The van der Waals surface area contributed by atoms with E-state index in [1.54, 1.807) is 6.20 Å². The van der Waals surface area contributed by atoms with Crippen LogP contribution in [0.1, 0.15) is 71.9 Å². The summed E-state index contributed by atoms with van der Waals surface area (Å²) in [6.07, 6.45) is 6.39. The molecule has 2 atom stereocenters. The monoisotopic (exact) mass is 335 g/mol. The molecule has 6 heteroatoms. The molecule has 1 amide bonds. The molecule has 1 N–H and O–H groups in total. The third kappa shape index (κ3) is 3.16. The van der Waals surface area contributed by atoms with Crippen LogP contribution in [0.4, 0.5) is 4.79 Å². The summed E-state index contributed by atoms with van der Waals surface area (Å²) in [5.41, 5.74) is -0.544. The van der Waals surface area contributed by atoms with E-state index in [9.17, 15) is 9.90 Å². The summed E-state index contributed by atoms with van der Waals surface area (Å²) >= 11 is 0. The number of nitrogens with zero attached hydrogens (tertiary/aromatic N) is 3. The zero-order valence-electron chi connectivity index (χ0n) is 15.3. The standard InChI is InChI=1S/C18H29N3O3/c1-12(2)20-11-13(10-19-20)18(23)8-14-6-7-15(9-18)21(14)16(22)24-17(3,4)5/h10-12,14-15,23H,6-9H2,1-5H3. The van der Waals surface area contributed by atoms with Crippen LogP contribution in [0.3, 0.4) is 0 Å². The van der Waals surface area contributed by atoms with E-state index in [1.165, 1.54) is 0 Å². The van der Waals surface area contributed by atoms with Gasteiger partial charge in [-0.25, -0.2) is 4.79 Å². The van der Waals surface area contributed by atoms with Crippen molar-refractivity contribution in [3.63, 3.8) is 0 Å². The Morgan fingerprint density at radius 2 is 1.92 bits per heavy atom. The Labute approximate surface area is 143 Å². The van der Waals surface area contributed by atoms with Crippen molar-refractivity contribution in [2.45, 2.75) is 89.6 Å². The smallest absolute Gasteiger partial charge is 0.410 e. The lowest BCUT2D eigenvalue weighted by Gasteiger charge is -2.43. The molecule has 2 aliphatic heterocycles. The van der Waals surface area contributed by atoms with Crippen LogP contribution in [-0.4, -0.2) is 43.6 Å². The lowest BCUT2D eigenvalue weighted by Crippen LogP contribution is -2.53. The summed E-state index contributed by atoms with van der Waals surface area (Å²) in [5.74, 6) is 0. The summed E-state index contributed by atoms with van der Waals surface area (Å²) in [6, 6.07) is 0.331. The van der Waals surface area contributed by atoms with Crippen molar-refractivity contribution in [3.8, 4) is 0 Å². The van der Waals surface area contributed by atoms with Gasteiger partial charge in [-0.05, 0) is 47.5 Å². The summed E-state index contributed by atoms with van der Waals surface area (Å²) in [6.45, 7) is 9.78. The third-order valence-electron chi connectivity index (χ3n) is 5.04. The highest BCUT2D eigenvalue weighted by atomic mass is 16.6. The highest BCUT2D eigenvalue weighted by molar-refractivity contribution is 5.69. The summed E-state index contributed by atoms with van der Waals surface area (Å²) in [4.78, 5) is 14.4. The van der Waals surface area contributed by atoms with Crippen LogP contribution < -0.4 is 0 Å². The molecular weight excluding hydrogens is 306 g/mol. The average Bonchev–Trinajstić information content (AvgIpc) is 3.02. The van der Waals surface area contributed by atoms with Crippen LogP contribution in [0.25, 0.3) is 0 Å². The van der Waals surface area contributed by atoms with Gasteiger partial charge < -0.3 is 14.7 Å². The SMILES string of the molecule is CC(C)n1cc(C2(O)CC3CCC(C2)N3C(=O)OC(C)(C)C)cn1. The minimum Gasteiger partial charge on any atom is -0.444 e. The van der Waals surface area contributed by atoms with Gasteiger partial charge in [-0.2, -0.15) is 5.10 Å². The molecule has 2 saturated heterocycles. The molecule has 1 aromatic heterocycles. The minimum atomic E-state index is -0.905. The molecule has 0 aliphatic carbocycles. The van der Waals surface area contributed by atoms with E-state index in [-0.39, 0.29) is 24.2 Å². The molecule has 134 valence electrons. The fourth-order valence-electron chi connectivity index (χ4n) is 3.93. The van der Waals surface area contributed by atoms with Crippen molar-refractivity contribution in [1.82, 2.24) is 14.7 Å². The Bertz CT molecular complexity index is 603. The normalized spacial score (nSPS) is 30.0. The van der Waals surface area contributed by atoms with Gasteiger partial charge in [0.05, 0.1) is 11.8 Å². The third-order valence-corrected chi connectivity index (χ3v) is 5.04.